The Morgan fingerprint density at radius 2 is 1.94 bits per heavy atom. The van der Waals surface area contributed by atoms with Gasteiger partial charge >= 0.3 is 0 Å². The minimum Gasteiger partial charge on any atom is -0.440 e. The van der Waals surface area contributed by atoms with Crippen LogP contribution in [-0.2, 0) is 0 Å². The van der Waals surface area contributed by atoms with E-state index in [1.807, 2.05) is 0 Å². The summed E-state index contributed by atoms with van der Waals surface area (Å²) in [4.78, 5) is 11.9. The fraction of sp³-hybridized carbons (Fsp3) is 0.583. The fourth-order valence-electron chi connectivity index (χ4n) is 2.19. The molecule has 0 aromatic carbocycles. The topological polar surface area (TPSA) is 42.2 Å². The summed E-state index contributed by atoms with van der Waals surface area (Å²) in [5.41, 5.74) is 0. The molecule has 2 aliphatic rings. The van der Waals surface area contributed by atoms with Crippen LogP contribution >= 0.6 is 11.6 Å². The first kappa shape index (κ1) is 10.2. The Morgan fingerprint density at radius 1 is 1.31 bits per heavy atom. The molecule has 1 amide bonds. The van der Waals surface area contributed by atoms with Crippen molar-refractivity contribution in [2.45, 2.75) is 31.7 Å². The Bertz CT molecular complexity index is 395. The maximum atomic E-state index is 11.9. The first-order chi connectivity index (χ1) is 7.74. The molecule has 2 fully saturated rings. The smallest absolute Gasteiger partial charge is 0.287 e. The monoisotopic (exact) mass is 239 g/mol. The standard InChI is InChI=1S/C12H14ClNO2/c13-10-6-5-9(16-10)12(15)14-11(7-1-2-7)8-3-4-8/h5-8,11H,1-4H2,(H,14,15). The summed E-state index contributed by atoms with van der Waals surface area (Å²) in [5.74, 6) is 1.58. The number of rotatable bonds is 4. The predicted octanol–water partition coefficient (Wildman–Crippen LogP) is 2.85. The van der Waals surface area contributed by atoms with Crippen molar-refractivity contribution in [1.29, 1.82) is 0 Å². The van der Waals surface area contributed by atoms with Crippen molar-refractivity contribution in [2.24, 2.45) is 11.8 Å². The van der Waals surface area contributed by atoms with Gasteiger partial charge in [-0.2, -0.15) is 0 Å². The van der Waals surface area contributed by atoms with Gasteiger partial charge in [0, 0.05) is 6.04 Å². The maximum Gasteiger partial charge on any atom is 0.287 e. The quantitative estimate of drug-likeness (QED) is 0.878. The third-order valence-corrected chi connectivity index (χ3v) is 3.56. The van der Waals surface area contributed by atoms with Crippen LogP contribution in [0.2, 0.25) is 5.22 Å². The van der Waals surface area contributed by atoms with E-state index in [0.29, 0.717) is 23.6 Å². The van der Waals surface area contributed by atoms with E-state index < -0.39 is 0 Å². The minimum absolute atomic E-state index is 0.129. The Kier molecular flexibility index (Phi) is 2.43. The van der Waals surface area contributed by atoms with Gasteiger partial charge in [-0.1, -0.05) is 0 Å². The molecule has 86 valence electrons. The lowest BCUT2D eigenvalue weighted by Crippen LogP contribution is -2.37. The second-order valence-corrected chi connectivity index (χ2v) is 5.15. The zero-order valence-electron chi connectivity index (χ0n) is 8.91. The molecule has 0 radical (unpaired) electrons. The molecule has 2 saturated carbocycles. The summed E-state index contributed by atoms with van der Waals surface area (Å²) in [6.07, 6.45) is 5.00. The van der Waals surface area contributed by atoms with E-state index in [1.165, 1.54) is 25.7 Å². The third-order valence-electron chi connectivity index (χ3n) is 3.35. The Hall–Kier alpha value is -0.960. The average Bonchev–Trinajstić information content (AvgIpc) is 3.14. The summed E-state index contributed by atoms with van der Waals surface area (Å²) in [5, 5.41) is 3.34. The van der Waals surface area contributed by atoms with Crippen LogP contribution in [0.4, 0.5) is 0 Å². The van der Waals surface area contributed by atoms with Gasteiger partial charge in [-0.15, -0.1) is 0 Å². The molecule has 16 heavy (non-hydrogen) atoms. The number of amides is 1. The number of nitrogens with one attached hydrogen (secondary N) is 1. The SMILES string of the molecule is O=C(NC(C1CC1)C1CC1)c1ccc(Cl)o1. The summed E-state index contributed by atoms with van der Waals surface area (Å²) in [6.45, 7) is 0. The highest BCUT2D eigenvalue weighted by molar-refractivity contribution is 6.29. The lowest BCUT2D eigenvalue weighted by molar-refractivity contribution is 0.0898. The van der Waals surface area contributed by atoms with Gasteiger partial charge in [-0.25, -0.2) is 0 Å². The fourth-order valence-corrected chi connectivity index (χ4v) is 2.34. The molecule has 1 N–H and O–H groups in total. The van der Waals surface area contributed by atoms with Crippen LogP contribution in [0.25, 0.3) is 0 Å². The van der Waals surface area contributed by atoms with E-state index in [4.69, 9.17) is 16.0 Å². The predicted molar refractivity (Wildman–Crippen MR) is 60.4 cm³/mol. The van der Waals surface area contributed by atoms with E-state index >= 15 is 0 Å². The van der Waals surface area contributed by atoms with Gasteiger partial charge in [0.25, 0.3) is 5.91 Å². The third kappa shape index (κ3) is 2.09. The van der Waals surface area contributed by atoms with Crippen molar-refractivity contribution in [3.63, 3.8) is 0 Å². The van der Waals surface area contributed by atoms with Crippen LogP contribution in [0, 0.1) is 11.8 Å². The Labute approximate surface area is 99.1 Å². The molecular weight excluding hydrogens is 226 g/mol. The molecule has 0 atom stereocenters. The van der Waals surface area contributed by atoms with E-state index in [1.54, 1.807) is 12.1 Å². The van der Waals surface area contributed by atoms with Gasteiger partial charge in [0.1, 0.15) is 0 Å². The molecule has 0 bridgehead atoms. The molecule has 1 aromatic rings. The normalized spacial score (nSPS) is 20.1. The van der Waals surface area contributed by atoms with Gasteiger partial charge in [0.05, 0.1) is 0 Å². The van der Waals surface area contributed by atoms with Gasteiger partial charge < -0.3 is 9.73 Å². The molecule has 0 aliphatic heterocycles. The number of hydrogen-bond donors (Lipinski definition) is 1. The van der Waals surface area contributed by atoms with Crippen LogP contribution in [0.5, 0.6) is 0 Å². The number of furan rings is 1. The second kappa shape index (κ2) is 3.81. The molecule has 4 heteroatoms. The van der Waals surface area contributed by atoms with Gasteiger partial charge in [-0.3, -0.25) is 4.79 Å². The van der Waals surface area contributed by atoms with Crippen molar-refractivity contribution in [2.75, 3.05) is 0 Å². The van der Waals surface area contributed by atoms with Crippen LogP contribution in [0.15, 0.2) is 16.5 Å². The highest BCUT2D eigenvalue weighted by Gasteiger charge is 2.42. The largest absolute Gasteiger partial charge is 0.440 e. The molecule has 1 aromatic heterocycles. The van der Waals surface area contributed by atoms with Crippen molar-refractivity contribution in [3.05, 3.63) is 23.1 Å². The lowest BCUT2D eigenvalue weighted by atomic mass is 10.1. The van der Waals surface area contributed by atoms with E-state index in [9.17, 15) is 4.79 Å². The number of hydrogen-bond acceptors (Lipinski definition) is 2. The Balaban J connectivity index is 1.66. The molecule has 0 spiro atoms. The van der Waals surface area contributed by atoms with Crippen LogP contribution in [0.3, 0.4) is 0 Å². The van der Waals surface area contributed by atoms with E-state index in [-0.39, 0.29) is 11.1 Å². The highest BCUT2D eigenvalue weighted by atomic mass is 35.5. The molecule has 1 heterocycles. The van der Waals surface area contributed by atoms with Crippen LogP contribution < -0.4 is 5.32 Å². The number of carbonyl (C=O) groups is 1. The van der Waals surface area contributed by atoms with Crippen molar-refractivity contribution in [3.8, 4) is 0 Å². The van der Waals surface area contributed by atoms with Gasteiger partial charge in [0.15, 0.2) is 11.0 Å². The van der Waals surface area contributed by atoms with Crippen LogP contribution in [0.1, 0.15) is 36.2 Å². The van der Waals surface area contributed by atoms with E-state index in [0.717, 1.165) is 0 Å². The van der Waals surface area contributed by atoms with Gasteiger partial charge in [0.2, 0.25) is 0 Å². The average molecular weight is 240 g/mol. The number of halogens is 1. The zero-order valence-corrected chi connectivity index (χ0v) is 9.67. The number of carbonyl (C=O) groups excluding carboxylic acids is 1. The van der Waals surface area contributed by atoms with E-state index in [2.05, 4.69) is 5.32 Å². The second-order valence-electron chi connectivity index (χ2n) is 4.78. The first-order valence-electron chi connectivity index (χ1n) is 5.80. The maximum absolute atomic E-state index is 11.9. The molecule has 0 unspecified atom stereocenters. The van der Waals surface area contributed by atoms with Gasteiger partial charge in [-0.05, 0) is 61.3 Å². The molecule has 0 saturated heterocycles. The Morgan fingerprint density at radius 3 is 2.38 bits per heavy atom. The molecule has 3 nitrogen and oxygen atoms in total. The summed E-state index contributed by atoms with van der Waals surface area (Å²) < 4.78 is 5.10. The molecular formula is C12H14ClNO2. The van der Waals surface area contributed by atoms with Crippen molar-refractivity contribution in [1.82, 2.24) is 5.32 Å². The van der Waals surface area contributed by atoms with Crippen molar-refractivity contribution >= 4 is 17.5 Å². The summed E-state index contributed by atoms with van der Waals surface area (Å²) >= 11 is 5.64. The highest BCUT2D eigenvalue weighted by Crippen LogP contribution is 2.44. The summed E-state index contributed by atoms with van der Waals surface area (Å²) in [7, 11) is 0. The zero-order chi connectivity index (χ0) is 11.1. The molecule has 3 rings (SSSR count). The first-order valence-corrected chi connectivity index (χ1v) is 6.18. The van der Waals surface area contributed by atoms with Crippen LogP contribution in [-0.4, -0.2) is 11.9 Å². The van der Waals surface area contributed by atoms with Crippen molar-refractivity contribution < 1.29 is 9.21 Å². The summed E-state index contributed by atoms with van der Waals surface area (Å²) in [6, 6.07) is 3.57. The lowest BCUT2D eigenvalue weighted by Gasteiger charge is -2.16. The minimum atomic E-state index is -0.129. The molecule has 2 aliphatic carbocycles.